The summed E-state index contributed by atoms with van der Waals surface area (Å²) >= 11 is 0. The molecule has 1 aliphatic rings. The van der Waals surface area contributed by atoms with Crippen molar-refractivity contribution in [3.8, 4) is 0 Å². The van der Waals surface area contributed by atoms with Gasteiger partial charge in [0.2, 0.25) is 10.0 Å². The van der Waals surface area contributed by atoms with Crippen LogP contribution in [-0.4, -0.2) is 38.3 Å². The molecular formula is C20H23FN2O3S. The largest absolute Gasteiger partial charge is 0.352 e. The molecule has 0 aromatic heterocycles. The van der Waals surface area contributed by atoms with Crippen molar-refractivity contribution >= 4 is 15.9 Å². The summed E-state index contributed by atoms with van der Waals surface area (Å²) in [6.07, 6.45) is 3.24. The summed E-state index contributed by atoms with van der Waals surface area (Å²) in [7, 11) is -3.71. The van der Waals surface area contributed by atoms with Crippen LogP contribution in [0.5, 0.6) is 0 Å². The maximum Gasteiger partial charge on any atom is 0.254 e. The molecule has 144 valence electrons. The lowest BCUT2D eigenvalue weighted by atomic mass is 10.1. The average molecular weight is 390 g/mol. The van der Waals surface area contributed by atoms with Crippen molar-refractivity contribution in [3.63, 3.8) is 0 Å². The van der Waals surface area contributed by atoms with Crippen molar-refractivity contribution in [3.05, 3.63) is 65.5 Å². The van der Waals surface area contributed by atoms with Crippen molar-refractivity contribution in [1.29, 1.82) is 0 Å². The fourth-order valence-corrected chi connectivity index (χ4v) is 4.70. The summed E-state index contributed by atoms with van der Waals surface area (Å²) in [6, 6.07) is 13.0. The second-order valence-corrected chi connectivity index (χ2v) is 8.54. The van der Waals surface area contributed by atoms with E-state index in [1.54, 1.807) is 0 Å². The number of halogens is 1. The fraction of sp³-hybridized carbons (Fsp3) is 0.350. The SMILES string of the molecule is O=C(NCCc1ccccc1)c1cc(S(=O)(=O)N2CCCCC2)ccc1F. The number of amides is 1. The van der Waals surface area contributed by atoms with E-state index in [0.29, 0.717) is 26.1 Å². The van der Waals surface area contributed by atoms with E-state index in [1.165, 1.54) is 10.4 Å². The van der Waals surface area contributed by atoms with Crippen LogP contribution in [0.2, 0.25) is 0 Å². The van der Waals surface area contributed by atoms with Crippen molar-refractivity contribution in [2.24, 2.45) is 0 Å². The molecule has 0 aliphatic carbocycles. The van der Waals surface area contributed by atoms with Gasteiger partial charge < -0.3 is 5.32 Å². The van der Waals surface area contributed by atoms with E-state index in [-0.39, 0.29) is 10.5 Å². The highest BCUT2D eigenvalue weighted by Crippen LogP contribution is 2.22. The van der Waals surface area contributed by atoms with Crippen molar-refractivity contribution in [1.82, 2.24) is 9.62 Å². The molecule has 2 aromatic rings. The predicted molar refractivity (Wildman–Crippen MR) is 101 cm³/mol. The molecule has 1 aliphatic heterocycles. The van der Waals surface area contributed by atoms with Crippen LogP contribution in [0.25, 0.3) is 0 Å². The summed E-state index contributed by atoms with van der Waals surface area (Å²) < 4.78 is 41.0. The van der Waals surface area contributed by atoms with E-state index in [1.807, 2.05) is 30.3 Å². The molecule has 1 fully saturated rings. The zero-order chi connectivity index (χ0) is 19.3. The maximum absolute atomic E-state index is 14.1. The molecule has 0 bridgehead atoms. The van der Waals surface area contributed by atoms with Gasteiger partial charge >= 0.3 is 0 Å². The lowest BCUT2D eigenvalue weighted by Gasteiger charge is -2.26. The van der Waals surface area contributed by atoms with Crippen LogP contribution in [0.3, 0.4) is 0 Å². The van der Waals surface area contributed by atoms with Crippen LogP contribution in [0, 0.1) is 5.82 Å². The summed E-state index contributed by atoms with van der Waals surface area (Å²) in [5.74, 6) is -1.34. The van der Waals surface area contributed by atoms with Gasteiger partial charge in [-0.25, -0.2) is 12.8 Å². The van der Waals surface area contributed by atoms with E-state index in [9.17, 15) is 17.6 Å². The normalized spacial score (nSPS) is 15.4. The molecule has 1 saturated heterocycles. The van der Waals surface area contributed by atoms with Crippen LogP contribution in [0.1, 0.15) is 35.2 Å². The van der Waals surface area contributed by atoms with E-state index in [2.05, 4.69) is 5.32 Å². The van der Waals surface area contributed by atoms with Gasteiger partial charge in [0.15, 0.2) is 0 Å². The van der Waals surface area contributed by atoms with Gasteiger partial charge in [0, 0.05) is 19.6 Å². The highest BCUT2D eigenvalue weighted by molar-refractivity contribution is 7.89. The molecule has 7 heteroatoms. The van der Waals surface area contributed by atoms with Gasteiger partial charge in [-0.15, -0.1) is 0 Å². The Balaban J connectivity index is 1.71. The van der Waals surface area contributed by atoms with E-state index in [0.717, 1.165) is 37.0 Å². The zero-order valence-corrected chi connectivity index (χ0v) is 15.8. The van der Waals surface area contributed by atoms with Gasteiger partial charge in [-0.3, -0.25) is 4.79 Å². The molecule has 2 aromatic carbocycles. The Labute approximate surface area is 159 Å². The van der Waals surface area contributed by atoms with E-state index in [4.69, 9.17) is 0 Å². The molecule has 5 nitrogen and oxygen atoms in total. The Morgan fingerprint density at radius 1 is 1.04 bits per heavy atom. The fourth-order valence-electron chi connectivity index (χ4n) is 3.15. The summed E-state index contributed by atoms with van der Waals surface area (Å²) in [4.78, 5) is 12.3. The Bertz CT molecular complexity index is 895. The molecule has 27 heavy (non-hydrogen) atoms. The maximum atomic E-state index is 14.1. The Morgan fingerprint density at radius 2 is 1.74 bits per heavy atom. The quantitative estimate of drug-likeness (QED) is 0.825. The Morgan fingerprint density at radius 3 is 2.44 bits per heavy atom. The van der Waals surface area contributed by atoms with Gasteiger partial charge in [-0.2, -0.15) is 4.31 Å². The number of nitrogens with zero attached hydrogens (tertiary/aromatic N) is 1. The Hall–Kier alpha value is -2.25. The summed E-state index contributed by atoms with van der Waals surface area (Å²) in [5, 5.41) is 2.66. The number of piperidine rings is 1. The monoisotopic (exact) mass is 390 g/mol. The number of carbonyl (C=O) groups excluding carboxylic acids is 1. The second-order valence-electron chi connectivity index (χ2n) is 6.60. The molecule has 1 N–H and O–H groups in total. The van der Waals surface area contributed by atoms with Crippen LogP contribution >= 0.6 is 0 Å². The zero-order valence-electron chi connectivity index (χ0n) is 15.0. The third-order valence-electron chi connectivity index (χ3n) is 4.68. The summed E-state index contributed by atoms with van der Waals surface area (Å²) in [5.41, 5.74) is 0.806. The molecule has 0 radical (unpaired) electrons. The number of nitrogens with one attached hydrogen (secondary N) is 1. The third-order valence-corrected chi connectivity index (χ3v) is 6.57. The standard InChI is InChI=1S/C20H23FN2O3S/c21-19-10-9-17(27(25,26)23-13-5-2-6-14-23)15-18(19)20(24)22-12-11-16-7-3-1-4-8-16/h1,3-4,7-10,15H,2,5-6,11-14H2,(H,22,24). The highest BCUT2D eigenvalue weighted by Gasteiger charge is 2.27. The minimum atomic E-state index is -3.71. The number of sulfonamides is 1. The third kappa shape index (κ3) is 4.73. The molecule has 0 saturated carbocycles. The number of benzene rings is 2. The first-order valence-electron chi connectivity index (χ1n) is 9.10. The first kappa shape index (κ1) is 19.5. The average Bonchev–Trinajstić information content (AvgIpc) is 2.69. The topological polar surface area (TPSA) is 66.5 Å². The van der Waals surface area contributed by atoms with Crippen LogP contribution in [0.15, 0.2) is 53.4 Å². The number of hydrogen-bond acceptors (Lipinski definition) is 3. The lowest BCUT2D eigenvalue weighted by Crippen LogP contribution is -2.35. The van der Waals surface area contributed by atoms with Crippen molar-refractivity contribution in [2.75, 3.05) is 19.6 Å². The van der Waals surface area contributed by atoms with Crippen LogP contribution in [-0.2, 0) is 16.4 Å². The predicted octanol–water partition coefficient (Wildman–Crippen LogP) is 2.97. The first-order valence-corrected chi connectivity index (χ1v) is 10.5. The molecule has 0 atom stereocenters. The number of carbonyl (C=O) groups is 1. The van der Waals surface area contributed by atoms with Crippen molar-refractivity contribution in [2.45, 2.75) is 30.6 Å². The molecule has 3 rings (SSSR count). The van der Waals surface area contributed by atoms with Gasteiger partial charge in [0.05, 0.1) is 10.5 Å². The second kappa shape index (κ2) is 8.63. The molecule has 0 unspecified atom stereocenters. The highest BCUT2D eigenvalue weighted by atomic mass is 32.2. The smallest absolute Gasteiger partial charge is 0.254 e. The van der Waals surface area contributed by atoms with E-state index < -0.39 is 21.7 Å². The van der Waals surface area contributed by atoms with Gasteiger partial charge in [0.25, 0.3) is 5.91 Å². The minimum absolute atomic E-state index is 0.0426. The Kier molecular flexibility index (Phi) is 6.23. The van der Waals surface area contributed by atoms with Gasteiger partial charge in [-0.05, 0) is 43.0 Å². The van der Waals surface area contributed by atoms with Crippen LogP contribution < -0.4 is 5.32 Å². The summed E-state index contributed by atoms with van der Waals surface area (Å²) in [6.45, 7) is 1.25. The molecule has 1 amide bonds. The molecule has 0 spiro atoms. The van der Waals surface area contributed by atoms with E-state index >= 15 is 0 Å². The van der Waals surface area contributed by atoms with Gasteiger partial charge in [-0.1, -0.05) is 36.8 Å². The molecular weight excluding hydrogens is 367 g/mol. The minimum Gasteiger partial charge on any atom is -0.352 e. The molecule has 1 heterocycles. The first-order chi connectivity index (χ1) is 13.0. The van der Waals surface area contributed by atoms with Crippen LogP contribution in [0.4, 0.5) is 4.39 Å². The lowest BCUT2D eigenvalue weighted by molar-refractivity contribution is 0.0950. The number of rotatable bonds is 6. The number of hydrogen-bond donors (Lipinski definition) is 1. The van der Waals surface area contributed by atoms with Crippen molar-refractivity contribution < 1.29 is 17.6 Å². The van der Waals surface area contributed by atoms with Gasteiger partial charge in [0.1, 0.15) is 5.82 Å².